The second-order valence-electron chi connectivity index (χ2n) is 4.42. The van der Waals surface area contributed by atoms with Gasteiger partial charge in [0.05, 0.1) is 6.61 Å². The summed E-state index contributed by atoms with van der Waals surface area (Å²) in [6.07, 6.45) is 1.89. The first kappa shape index (κ1) is 15.2. The number of nitrogens with two attached hydrogens (primary N) is 1. The SMILES string of the molecule is CCOCCNCCCC(C)(C)C(N)=NO. The van der Waals surface area contributed by atoms with Crippen molar-refractivity contribution in [1.29, 1.82) is 0 Å². The highest BCUT2D eigenvalue weighted by Crippen LogP contribution is 2.21. The van der Waals surface area contributed by atoms with E-state index in [1.807, 2.05) is 20.8 Å². The Morgan fingerprint density at radius 3 is 2.69 bits per heavy atom. The third-order valence-corrected chi connectivity index (χ3v) is 2.58. The summed E-state index contributed by atoms with van der Waals surface area (Å²) < 4.78 is 5.20. The fraction of sp³-hybridized carbons (Fsp3) is 0.909. The van der Waals surface area contributed by atoms with E-state index in [-0.39, 0.29) is 5.41 Å². The van der Waals surface area contributed by atoms with Gasteiger partial charge in [0.15, 0.2) is 0 Å². The van der Waals surface area contributed by atoms with Crippen LogP contribution in [-0.4, -0.2) is 37.3 Å². The maximum atomic E-state index is 8.60. The van der Waals surface area contributed by atoms with E-state index in [4.69, 9.17) is 15.7 Å². The largest absolute Gasteiger partial charge is 0.409 e. The van der Waals surface area contributed by atoms with E-state index in [9.17, 15) is 0 Å². The number of nitrogens with zero attached hydrogens (tertiary/aromatic N) is 1. The van der Waals surface area contributed by atoms with Gasteiger partial charge < -0.3 is 21.0 Å². The second kappa shape index (κ2) is 8.35. The van der Waals surface area contributed by atoms with Gasteiger partial charge in [0.25, 0.3) is 0 Å². The van der Waals surface area contributed by atoms with Gasteiger partial charge in [-0.1, -0.05) is 19.0 Å². The van der Waals surface area contributed by atoms with Crippen LogP contribution < -0.4 is 11.1 Å². The van der Waals surface area contributed by atoms with Crippen LogP contribution in [0.3, 0.4) is 0 Å². The maximum Gasteiger partial charge on any atom is 0.144 e. The third kappa shape index (κ3) is 6.63. The topological polar surface area (TPSA) is 79.9 Å². The molecule has 0 amide bonds. The average Bonchev–Trinajstić information content (AvgIpc) is 2.26. The molecule has 0 aromatic carbocycles. The molecule has 5 heteroatoms. The van der Waals surface area contributed by atoms with E-state index in [2.05, 4.69) is 10.5 Å². The molecule has 0 atom stereocenters. The molecule has 0 saturated heterocycles. The number of rotatable bonds is 9. The molecular weight excluding hydrogens is 206 g/mol. The lowest BCUT2D eigenvalue weighted by Crippen LogP contribution is -2.33. The van der Waals surface area contributed by atoms with Crippen LogP contribution >= 0.6 is 0 Å². The van der Waals surface area contributed by atoms with E-state index >= 15 is 0 Å². The van der Waals surface area contributed by atoms with Crippen LogP contribution in [0.4, 0.5) is 0 Å². The van der Waals surface area contributed by atoms with Crippen molar-refractivity contribution in [2.24, 2.45) is 16.3 Å². The predicted octanol–water partition coefficient (Wildman–Crippen LogP) is 1.17. The van der Waals surface area contributed by atoms with Crippen molar-refractivity contribution in [1.82, 2.24) is 5.32 Å². The number of amidine groups is 1. The van der Waals surface area contributed by atoms with Gasteiger partial charge in [0.2, 0.25) is 0 Å². The summed E-state index contributed by atoms with van der Waals surface area (Å²) in [5.74, 6) is 0.293. The number of hydrogen-bond donors (Lipinski definition) is 3. The molecule has 0 aliphatic heterocycles. The smallest absolute Gasteiger partial charge is 0.144 e. The molecule has 5 nitrogen and oxygen atoms in total. The van der Waals surface area contributed by atoms with Gasteiger partial charge >= 0.3 is 0 Å². The van der Waals surface area contributed by atoms with Crippen LogP contribution in [0, 0.1) is 5.41 Å². The molecule has 16 heavy (non-hydrogen) atoms. The van der Waals surface area contributed by atoms with E-state index in [0.29, 0.717) is 5.84 Å². The fourth-order valence-electron chi connectivity index (χ4n) is 1.33. The molecule has 0 bridgehead atoms. The minimum Gasteiger partial charge on any atom is -0.409 e. The van der Waals surface area contributed by atoms with Crippen molar-refractivity contribution in [3.05, 3.63) is 0 Å². The highest BCUT2D eigenvalue weighted by Gasteiger charge is 2.22. The summed E-state index contributed by atoms with van der Waals surface area (Å²) in [7, 11) is 0. The molecular formula is C11H25N3O2. The monoisotopic (exact) mass is 231 g/mol. The van der Waals surface area contributed by atoms with Crippen molar-refractivity contribution in [2.75, 3.05) is 26.3 Å². The molecule has 0 heterocycles. The van der Waals surface area contributed by atoms with Gasteiger partial charge in [-0.15, -0.1) is 0 Å². The highest BCUT2D eigenvalue weighted by atomic mass is 16.5. The summed E-state index contributed by atoms with van der Waals surface area (Å²) in [4.78, 5) is 0. The normalized spacial score (nSPS) is 13.1. The van der Waals surface area contributed by atoms with Gasteiger partial charge in [-0.3, -0.25) is 0 Å². The number of ether oxygens (including phenoxy) is 1. The predicted molar refractivity (Wildman–Crippen MR) is 65.8 cm³/mol. The average molecular weight is 231 g/mol. The molecule has 0 radical (unpaired) electrons. The quantitative estimate of drug-likeness (QED) is 0.183. The lowest BCUT2D eigenvalue weighted by Gasteiger charge is -2.22. The number of nitrogens with one attached hydrogen (secondary N) is 1. The molecule has 0 fully saturated rings. The maximum absolute atomic E-state index is 8.60. The van der Waals surface area contributed by atoms with Crippen molar-refractivity contribution in [3.63, 3.8) is 0 Å². The summed E-state index contributed by atoms with van der Waals surface area (Å²) in [5.41, 5.74) is 5.35. The fourth-order valence-corrected chi connectivity index (χ4v) is 1.33. The minimum absolute atomic E-state index is 0.240. The van der Waals surface area contributed by atoms with E-state index in [1.54, 1.807) is 0 Å². The molecule has 0 aromatic rings. The van der Waals surface area contributed by atoms with Crippen LogP contribution in [0.15, 0.2) is 5.16 Å². The standard InChI is InChI=1S/C11H25N3O2/c1-4-16-9-8-13-7-5-6-11(2,3)10(12)14-15/h13,15H,4-9H2,1-3H3,(H2,12,14). The van der Waals surface area contributed by atoms with Gasteiger partial charge in [-0.25, -0.2) is 0 Å². The zero-order valence-electron chi connectivity index (χ0n) is 10.6. The lowest BCUT2D eigenvalue weighted by atomic mass is 9.86. The zero-order chi connectivity index (χ0) is 12.4. The summed E-state index contributed by atoms with van der Waals surface area (Å²) in [6, 6.07) is 0. The van der Waals surface area contributed by atoms with Gasteiger partial charge in [-0.2, -0.15) is 0 Å². The summed E-state index contributed by atoms with van der Waals surface area (Å²) in [6.45, 7) is 9.25. The van der Waals surface area contributed by atoms with Crippen LogP contribution in [0.25, 0.3) is 0 Å². The Hall–Kier alpha value is -0.810. The molecule has 0 aliphatic carbocycles. The van der Waals surface area contributed by atoms with Gasteiger partial charge in [0.1, 0.15) is 5.84 Å². The highest BCUT2D eigenvalue weighted by molar-refractivity contribution is 5.85. The lowest BCUT2D eigenvalue weighted by molar-refractivity contribution is 0.149. The Bertz CT molecular complexity index is 205. The van der Waals surface area contributed by atoms with Crippen molar-refractivity contribution in [3.8, 4) is 0 Å². The Kier molecular flexibility index (Phi) is 7.93. The number of hydrogen-bond acceptors (Lipinski definition) is 4. The van der Waals surface area contributed by atoms with E-state index < -0.39 is 0 Å². The molecule has 0 saturated carbocycles. The Morgan fingerprint density at radius 2 is 2.12 bits per heavy atom. The molecule has 0 unspecified atom stereocenters. The third-order valence-electron chi connectivity index (χ3n) is 2.58. The van der Waals surface area contributed by atoms with E-state index in [1.165, 1.54) is 0 Å². The minimum atomic E-state index is -0.240. The summed E-state index contributed by atoms with van der Waals surface area (Å²) >= 11 is 0. The molecule has 96 valence electrons. The summed E-state index contributed by atoms with van der Waals surface area (Å²) in [5, 5.41) is 14.9. The first-order valence-corrected chi connectivity index (χ1v) is 5.81. The second-order valence-corrected chi connectivity index (χ2v) is 4.42. The first-order valence-electron chi connectivity index (χ1n) is 5.81. The van der Waals surface area contributed by atoms with Crippen LogP contribution in [-0.2, 0) is 4.74 Å². The zero-order valence-corrected chi connectivity index (χ0v) is 10.6. The van der Waals surface area contributed by atoms with Crippen molar-refractivity contribution >= 4 is 5.84 Å². The Labute approximate surface area is 98.0 Å². The van der Waals surface area contributed by atoms with Crippen molar-refractivity contribution < 1.29 is 9.94 Å². The van der Waals surface area contributed by atoms with Crippen molar-refractivity contribution in [2.45, 2.75) is 33.6 Å². The molecule has 0 spiro atoms. The van der Waals surface area contributed by atoms with Gasteiger partial charge in [-0.05, 0) is 26.3 Å². The Balaban J connectivity index is 3.51. The van der Waals surface area contributed by atoms with Crippen LogP contribution in [0.2, 0.25) is 0 Å². The number of oxime groups is 1. The Morgan fingerprint density at radius 1 is 1.44 bits per heavy atom. The first-order chi connectivity index (χ1) is 7.54. The molecule has 0 aromatic heterocycles. The molecule has 0 rings (SSSR count). The molecule has 4 N–H and O–H groups in total. The van der Waals surface area contributed by atoms with Gasteiger partial charge in [0, 0.05) is 18.6 Å². The molecule has 0 aliphatic rings. The van der Waals surface area contributed by atoms with E-state index in [0.717, 1.165) is 39.1 Å². The van der Waals surface area contributed by atoms with Crippen LogP contribution in [0.5, 0.6) is 0 Å². The van der Waals surface area contributed by atoms with Crippen LogP contribution in [0.1, 0.15) is 33.6 Å².